The summed E-state index contributed by atoms with van der Waals surface area (Å²) in [5, 5.41) is 0. The van der Waals surface area contributed by atoms with Crippen molar-refractivity contribution in [1.29, 1.82) is 0 Å². The van der Waals surface area contributed by atoms with Gasteiger partial charge in [-0.3, -0.25) is 0 Å². The summed E-state index contributed by atoms with van der Waals surface area (Å²) in [6, 6.07) is 5.54. The van der Waals surface area contributed by atoms with Crippen LogP contribution in [0.5, 0.6) is 0 Å². The van der Waals surface area contributed by atoms with Crippen molar-refractivity contribution in [3.05, 3.63) is 45.7 Å². The van der Waals surface area contributed by atoms with E-state index in [0.29, 0.717) is 4.47 Å². The molecule has 0 bridgehead atoms. The first-order valence-corrected chi connectivity index (χ1v) is 12.1. The van der Waals surface area contributed by atoms with Crippen LogP contribution in [0.25, 0.3) is 0 Å². The second kappa shape index (κ2) is 10.8. The summed E-state index contributed by atoms with van der Waals surface area (Å²) < 4.78 is 14.2. The summed E-state index contributed by atoms with van der Waals surface area (Å²) in [5.74, 6) is 2.78. The lowest BCUT2D eigenvalue weighted by Crippen LogP contribution is -2.23. The molecule has 0 nitrogen and oxygen atoms in total. The average Bonchev–Trinajstić information content (AvgIpc) is 2.70. The van der Waals surface area contributed by atoms with Crippen molar-refractivity contribution in [2.45, 2.75) is 90.4 Å². The van der Waals surface area contributed by atoms with Gasteiger partial charge in [-0.05, 0) is 96.3 Å². The van der Waals surface area contributed by atoms with Crippen LogP contribution in [0, 0.1) is 23.6 Å². The molecule has 0 N–H and O–H groups in total. The maximum absolute atomic E-state index is 13.7. The van der Waals surface area contributed by atoms with Crippen LogP contribution in [0.2, 0.25) is 0 Å². The van der Waals surface area contributed by atoms with E-state index in [0.717, 1.165) is 36.2 Å². The van der Waals surface area contributed by atoms with Crippen molar-refractivity contribution >= 4 is 15.9 Å². The fourth-order valence-electron chi connectivity index (χ4n) is 5.20. The van der Waals surface area contributed by atoms with Crippen molar-refractivity contribution in [3.63, 3.8) is 0 Å². The first-order chi connectivity index (χ1) is 13.2. The molecule has 0 aromatic heterocycles. The molecule has 2 aliphatic carbocycles. The largest absolute Gasteiger partial charge is 0.206 e. The van der Waals surface area contributed by atoms with Gasteiger partial charge in [0.1, 0.15) is 5.82 Å². The summed E-state index contributed by atoms with van der Waals surface area (Å²) >= 11 is 3.23. The van der Waals surface area contributed by atoms with Crippen molar-refractivity contribution in [2.75, 3.05) is 0 Å². The Kier molecular flexibility index (Phi) is 8.43. The smallest absolute Gasteiger partial charge is 0.137 e. The predicted octanol–water partition coefficient (Wildman–Crippen LogP) is 8.63. The molecule has 3 rings (SSSR count). The third-order valence-corrected chi connectivity index (χ3v) is 7.68. The highest BCUT2D eigenvalue weighted by molar-refractivity contribution is 9.10. The maximum Gasteiger partial charge on any atom is 0.137 e. The molecule has 1 aromatic rings. The van der Waals surface area contributed by atoms with Gasteiger partial charge in [-0.25, -0.2) is 4.39 Å². The molecule has 1 aromatic carbocycles. The SMILES string of the molecule is CCCCCC1CCC(C2CC=C(CCc3ccc(Br)c(F)c3)CC2)CC1. The first kappa shape index (κ1) is 21.1. The Morgan fingerprint density at radius 1 is 1.00 bits per heavy atom. The van der Waals surface area contributed by atoms with Crippen molar-refractivity contribution < 1.29 is 4.39 Å². The van der Waals surface area contributed by atoms with Gasteiger partial charge < -0.3 is 0 Å². The monoisotopic (exact) mass is 434 g/mol. The molecule has 27 heavy (non-hydrogen) atoms. The molecule has 1 atom stereocenters. The fraction of sp³-hybridized carbons (Fsp3) is 0.680. The van der Waals surface area contributed by atoms with Crippen LogP contribution >= 0.6 is 15.9 Å². The highest BCUT2D eigenvalue weighted by Gasteiger charge is 2.28. The normalized spacial score (nSPS) is 26.0. The van der Waals surface area contributed by atoms with E-state index in [1.54, 1.807) is 11.6 Å². The predicted molar refractivity (Wildman–Crippen MR) is 117 cm³/mol. The minimum absolute atomic E-state index is 0.143. The van der Waals surface area contributed by atoms with Gasteiger partial charge in [-0.2, -0.15) is 0 Å². The van der Waals surface area contributed by atoms with E-state index < -0.39 is 0 Å². The Morgan fingerprint density at radius 2 is 1.81 bits per heavy atom. The van der Waals surface area contributed by atoms with Crippen LogP contribution in [0.1, 0.15) is 89.5 Å². The summed E-state index contributed by atoms with van der Waals surface area (Å²) in [5.41, 5.74) is 2.71. The molecule has 1 unspecified atom stereocenters. The Hall–Kier alpha value is -0.630. The van der Waals surface area contributed by atoms with Crippen molar-refractivity contribution in [3.8, 4) is 0 Å². The van der Waals surface area contributed by atoms with Crippen LogP contribution in [0.15, 0.2) is 34.3 Å². The Bertz CT molecular complexity index is 613. The molecule has 2 aliphatic rings. The molecular weight excluding hydrogens is 399 g/mol. The van der Waals surface area contributed by atoms with Gasteiger partial charge in [-0.15, -0.1) is 0 Å². The number of hydrogen-bond acceptors (Lipinski definition) is 0. The van der Waals surface area contributed by atoms with Gasteiger partial charge in [0.25, 0.3) is 0 Å². The summed E-state index contributed by atoms with van der Waals surface area (Å²) in [6.07, 6.45) is 20.1. The van der Waals surface area contributed by atoms with Gasteiger partial charge in [-0.1, -0.05) is 63.2 Å². The lowest BCUT2D eigenvalue weighted by atomic mass is 9.70. The van der Waals surface area contributed by atoms with E-state index in [-0.39, 0.29) is 5.82 Å². The molecule has 0 radical (unpaired) electrons. The maximum atomic E-state index is 13.7. The molecule has 0 spiro atoms. The lowest BCUT2D eigenvalue weighted by molar-refractivity contribution is 0.185. The summed E-state index contributed by atoms with van der Waals surface area (Å²) in [4.78, 5) is 0. The molecule has 0 saturated heterocycles. The molecule has 0 amide bonds. The third kappa shape index (κ3) is 6.44. The molecule has 2 heteroatoms. The van der Waals surface area contributed by atoms with E-state index in [2.05, 4.69) is 28.9 Å². The third-order valence-electron chi connectivity index (χ3n) is 7.04. The van der Waals surface area contributed by atoms with Gasteiger partial charge >= 0.3 is 0 Å². The van der Waals surface area contributed by atoms with Crippen LogP contribution in [-0.2, 0) is 6.42 Å². The standard InChI is InChI=1S/C25H36BrF/c1-2-3-4-5-19-8-13-22(14-9-19)23-15-10-20(11-16-23)6-7-21-12-17-24(26)25(27)18-21/h10,12,17-19,22-23H,2-9,11,13-16H2,1H3. The highest BCUT2D eigenvalue weighted by atomic mass is 79.9. The van der Waals surface area contributed by atoms with E-state index in [1.807, 2.05) is 12.1 Å². The zero-order chi connectivity index (χ0) is 19.1. The number of benzene rings is 1. The Balaban J connectivity index is 1.39. The van der Waals surface area contributed by atoms with E-state index in [9.17, 15) is 4.39 Å². The highest BCUT2D eigenvalue weighted by Crippen LogP contribution is 2.41. The number of hydrogen-bond donors (Lipinski definition) is 0. The number of rotatable bonds is 8. The first-order valence-electron chi connectivity index (χ1n) is 11.3. The topological polar surface area (TPSA) is 0 Å². The minimum atomic E-state index is -0.143. The molecule has 1 saturated carbocycles. The Morgan fingerprint density at radius 3 is 2.48 bits per heavy atom. The van der Waals surface area contributed by atoms with E-state index in [4.69, 9.17) is 0 Å². The summed E-state index contributed by atoms with van der Waals surface area (Å²) in [7, 11) is 0. The van der Waals surface area contributed by atoms with E-state index >= 15 is 0 Å². The quantitative estimate of drug-likeness (QED) is 0.283. The fourth-order valence-corrected chi connectivity index (χ4v) is 5.44. The molecule has 150 valence electrons. The average molecular weight is 435 g/mol. The molecular formula is C25H36BrF. The van der Waals surface area contributed by atoms with E-state index in [1.165, 1.54) is 70.6 Å². The molecule has 0 heterocycles. The van der Waals surface area contributed by atoms with Crippen LogP contribution in [0.4, 0.5) is 4.39 Å². The molecule has 1 fully saturated rings. The number of aryl methyl sites for hydroxylation is 1. The zero-order valence-corrected chi connectivity index (χ0v) is 18.6. The lowest BCUT2D eigenvalue weighted by Gasteiger charge is -2.35. The number of unbranched alkanes of at least 4 members (excludes halogenated alkanes) is 2. The number of allylic oxidation sites excluding steroid dienone is 2. The van der Waals surface area contributed by atoms with Crippen LogP contribution in [0.3, 0.4) is 0 Å². The van der Waals surface area contributed by atoms with Crippen molar-refractivity contribution in [2.24, 2.45) is 17.8 Å². The minimum Gasteiger partial charge on any atom is -0.206 e. The number of halogens is 2. The second-order valence-electron chi connectivity index (χ2n) is 8.92. The second-order valence-corrected chi connectivity index (χ2v) is 9.78. The van der Waals surface area contributed by atoms with Gasteiger partial charge in [0, 0.05) is 0 Å². The van der Waals surface area contributed by atoms with Gasteiger partial charge in [0.15, 0.2) is 0 Å². The van der Waals surface area contributed by atoms with Crippen LogP contribution in [-0.4, -0.2) is 0 Å². The van der Waals surface area contributed by atoms with Crippen LogP contribution < -0.4 is 0 Å². The van der Waals surface area contributed by atoms with Crippen molar-refractivity contribution in [1.82, 2.24) is 0 Å². The summed E-state index contributed by atoms with van der Waals surface area (Å²) in [6.45, 7) is 2.30. The van der Waals surface area contributed by atoms with Gasteiger partial charge in [0.2, 0.25) is 0 Å². The molecule has 0 aliphatic heterocycles. The Labute approximate surface area is 174 Å². The van der Waals surface area contributed by atoms with Gasteiger partial charge in [0.05, 0.1) is 4.47 Å². The zero-order valence-electron chi connectivity index (χ0n) is 17.0.